The highest BCUT2D eigenvalue weighted by molar-refractivity contribution is 9.10. The molecule has 0 aromatic heterocycles. The molecule has 0 heterocycles. The van der Waals surface area contributed by atoms with Gasteiger partial charge < -0.3 is 9.64 Å². The molecule has 2 unspecified atom stereocenters. The van der Waals surface area contributed by atoms with Gasteiger partial charge >= 0.3 is 0 Å². The maximum absolute atomic E-state index is 13.5. The first-order valence-corrected chi connectivity index (χ1v) is 10.7. The van der Waals surface area contributed by atoms with E-state index in [0.29, 0.717) is 12.5 Å². The molecule has 3 nitrogen and oxygen atoms in total. The van der Waals surface area contributed by atoms with E-state index in [0.717, 1.165) is 46.9 Å². The zero-order valence-electron chi connectivity index (χ0n) is 14.9. The summed E-state index contributed by atoms with van der Waals surface area (Å²) in [5.74, 6) is 2.61. The summed E-state index contributed by atoms with van der Waals surface area (Å²) in [4.78, 5) is 15.4. The normalized spacial score (nSPS) is 35.7. The van der Waals surface area contributed by atoms with Crippen molar-refractivity contribution in [2.75, 3.05) is 14.2 Å². The van der Waals surface area contributed by atoms with Gasteiger partial charge in [0.2, 0.25) is 5.91 Å². The number of benzene rings is 1. The Labute approximate surface area is 166 Å². The van der Waals surface area contributed by atoms with Gasteiger partial charge in [0.15, 0.2) is 0 Å². The number of nitrogens with zero attached hydrogens (tertiary/aromatic N) is 1. The number of carbonyl (C=O) groups is 1. The number of methoxy groups -OCH3 is 1. The van der Waals surface area contributed by atoms with Crippen molar-refractivity contribution >= 4 is 37.8 Å². The molecule has 0 radical (unpaired) electrons. The summed E-state index contributed by atoms with van der Waals surface area (Å²) in [5.41, 5.74) is 0.896. The van der Waals surface area contributed by atoms with Crippen LogP contribution in [0, 0.1) is 17.3 Å². The Bertz CT molecular complexity index is 691. The lowest BCUT2D eigenvalue weighted by Gasteiger charge is -2.60. The van der Waals surface area contributed by atoms with Crippen molar-refractivity contribution in [1.82, 2.24) is 4.90 Å². The highest BCUT2D eigenvalue weighted by atomic mass is 79.9. The molecule has 4 aliphatic carbocycles. The summed E-state index contributed by atoms with van der Waals surface area (Å²) < 4.78 is 6.70. The number of alkyl halides is 1. The van der Waals surface area contributed by atoms with Gasteiger partial charge in [-0.2, -0.15) is 0 Å². The third-order valence-electron chi connectivity index (χ3n) is 6.44. The van der Waals surface area contributed by atoms with Crippen LogP contribution in [-0.2, 0) is 11.3 Å². The van der Waals surface area contributed by atoms with E-state index in [1.807, 2.05) is 30.1 Å². The first-order valence-electron chi connectivity index (χ1n) is 9.09. The van der Waals surface area contributed by atoms with E-state index < -0.39 is 0 Å². The number of halogens is 2. The molecule has 4 bridgehead atoms. The predicted molar refractivity (Wildman–Crippen MR) is 106 cm³/mol. The number of amides is 1. The SMILES string of the molecule is COc1ccc(Br)cc1CN(C)C(=O)C12CC3CC(CC(Br)(C3)C1)C2. The van der Waals surface area contributed by atoms with Crippen molar-refractivity contribution < 1.29 is 9.53 Å². The molecule has 4 fully saturated rings. The standard InChI is InChI=1S/C20H25Br2NO2/c1-23(11-15-6-16(21)3-4-17(15)25-2)18(24)19-7-13-5-14(8-19)10-20(22,9-13)12-19/h3-4,6,13-14H,5,7-12H2,1-2H3. The first kappa shape index (κ1) is 17.8. The van der Waals surface area contributed by atoms with Crippen molar-refractivity contribution in [1.29, 1.82) is 0 Å². The summed E-state index contributed by atoms with van der Waals surface area (Å²) in [7, 11) is 3.63. The molecule has 4 saturated carbocycles. The van der Waals surface area contributed by atoms with Crippen molar-refractivity contribution in [2.24, 2.45) is 17.3 Å². The maximum atomic E-state index is 13.5. The van der Waals surface area contributed by atoms with E-state index in [2.05, 4.69) is 31.9 Å². The molecule has 4 aliphatic rings. The lowest BCUT2D eigenvalue weighted by Crippen LogP contribution is -2.58. The van der Waals surface area contributed by atoms with Gasteiger partial charge in [-0.25, -0.2) is 0 Å². The quantitative estimate of drug-likeness (QED) is 0.569. The van der Waals surface area contributed by atoms with Crippen LogP contribution in [0.1, 0.15) is 44.1 Å². The molecule has 0 saturated heterocycles. The fourth-order valence-electron chi connectivity index (χ4n) is 6.00. The minimum Gasteiger partial charge on any atom is -0.496 e. The Balaban J connectivity index is 1.56. The van der Waals surface area contributed by atoms with Gasteiger partial charge in [0.1, 0.15) is 5.75 Å². The molecule has 1 aromatic rings. The molecule has 0 N–H and O–H groups in total. The van der Waals surface area contributed by atoms with Gasteiger partial charge in [-0.3, -0.25) is 4.79 Å². The predicted octanol–water partition coefficient (Wildman–Crippen LogP) is 5.15. The van der Waals surface area contributed by atoms with E-state index in [1.165, 1.54) is 19.3 Å². The van der Waals surface area contributed by atoms with Crippen molar-refractivity contribution in [2.45, 2.75) is 49.4 Å². The van der Waals surface area contributed by atoms with Crippen LogP contribution in [0.4, 0.5) is 0 Å². The van der Waals surface area contributed by atoms with Gasteiger partial charge in [0, 0.05) is 28.0 Å². The first-order chi connectivity index (χ1) is 11.8. The molecular formula is C20H25Br2NO2. The number of carbonyl (C=O) groups excluding carboxylic acids is 1. The van der Waals surface area contributed by atoms with Gasteiger partial charge in [-0.1, -0.05) is 31.9 Å². The lowest BCUT2D eigenvalue weighted by molar-refractivity contribution is -0.154. The smallest absolute Gasteiger partial charge is 0.228 e. The van der Waals surface area contributed by atoms with Crippen LogP contribution in [0.2, 0.25) is 0 Å². The van der Waals surface area contributed by atoms with Crippen molar-refractivity contribution in [3.63, 3.8) is 0 Å². The van der Waals surface area contributed by atoms with Gasteiger partial charge in [-0.15, -0.1) is 0 Å². The van der Waals surface area contributed by atoms with E-state index in [9.17, 15) is 4.79 Å². The third kappa shape index (κ3) is 3.16. The van der Waals surface area contributed by atoms with Crippen LogP contribution in [0.25, 0.3) is 0 Å². The Hall–Kier alpha value is -0.550. The fourth-order valence-corrected chi connectivity index (χ4v) is 7.86. The second kappa shape index (κ2) is 6.26. The topological polar surface area (TPSA) is 29.5 Å². The van der Waals surface area contributed by atoms with Crippen LogP contribution in [0.15, 0.2) is 22.7 Å². The maximum Gasteiger partial charge on any atom is 0.228 e. The summed E-state index contributed by atoms with van der Waals surface area (Å²) in [6.45, 7) is 0.591. The second-order valence-corrected chi connectivity index (χ2v) is 11.1. The zero-order chi connectivity index (χ0) is 17.8. The summed E-state index contributed by atoms with van der Waals surface area (Å²) in [5, 5.41) is 0. The second-order valence-electron chi connectivity index (χ2n) is 8.51. The highest BCUT2D eigenvalue weighted by Crippen LogP contribution is 2.64. The van der Waals surface area contributed by atoms with Crippen LogP contribution in [0.5, 0.6) is 5.75 Å². The van der Waals surface area contributed by atoms with E-state index in [-0.39, 0.29) is 9.74 Å². The lowest BCUT2D eigenvalue weighted by atomic mass is 9.49. The van der Waals surface area contributed by atoms with Crippen LogP contribution in [0.3, 0.4) is 0 Å². The van der Waals surface area contributed by atoms with Gasteiger partial charge in [0.25, 0.3) is 0 Å². The number of hydrogen-bond donors (Lipinski definition) is 0. The largest absolute Gasteiger partial charge is 0.496 e. The fraction of sp³-hybridized carbons (Fsp3) is 0.650. The molecule has 2 atom stereocenters. The third-order valence-corrected chi connectivity index (χ3v) is 7.86. The summed E-state index contributed by atoms with van der Waals surface area (Å²) in [6.07, 6.45) is 6.99. The van der Waals surface area contributed by atoms with Crippen molar-refractivity contribution in [3.05, 3.63) is 28.2 Å². The van der Waals surface area contributed by atoms with E-state index >= 15 is 0 Å². The molecule has 136 valence electrons. The molecule has 1 amide bonds. The zero-order valence-corrected chi connectivity index (χ0v) is 18.0. The molecule has 1 aromatic carbocycles. The minimum atomic E-state index is -0.151. The monoisotopic (exact) mass is 469 g/mol. The van der Waals surface area contributed by atoms with Gasteiger partial charge in [0.05, 0.1) is 12.5 Å². The van der Waals surface area contributed by atoms with Crippen LogP contribution >= 0.6 is 31.9 Å². The Morgan fingerprint density at radius 2 is 1.96 bits per heavy atom. The number of ether oxygens (including phenoxy) is 1. The van der Waals surface area contributed by atoms with Crippen molar-refractivity contribution in [3.8, 4) is 5.75 Å². The average Bonchev–Trinajstić information content (AvgIpc) is 2.52. The molecule has 0 spiro atoms. The Kier molecular flexibility index (Phi) is 4.47. The summed E-state index contributed by atoms with van der Waals surface area (Å²) >= 11 is 7.54. The Morgan fingerprint density at radius 1 is 1.28 bits per heavy atom. The van der Waals surface area contributed by atoms with E-state index in [4.69, 9.17) is 4.74 Å². The van der Waals surface area contributed by atoms with Crippen LogP contribution in [-0.4, -0.2) is 29.3 Å². The molecule has 25 heavy (non-hydrogen) atoms. The molecule has 5 rings (SSSR count). The minimum absolute atomic E-state index is 0.151. The number of hydrogen-bond acceptors (Lipinski definition) is 2. The molecule has 0 aliphatic heterocycles. The van der Waals surface area contributed by atoms with Crippen LogP contribution < -0.4 is 4.74 Å². The molecule has 5 heteroatoms. The Morgan fingerprint density at radius 3 is 2.56 bits per heavy atom. The highest BCUT2D eigenvalue weighted by Gasteiger charge is 2.60. The van der Waals surface area contributed by atoms with Gasteiger partial charge in [-0.05, 0) is 68.6 Å². The van der Waals surface area contributed by atoms with E-state index in [1.54, 1.807) is 7.11 Å². The number of rotatable bonds is 4. The summed E-state index contributed by atoms with van der Waals surface area (Å²) in [6, 6.07) is 5.97. The molecular weight excluding hydrogens is 446 g/mol. The average molecular weight is 471 g/mol.